The van der Waals surface area contributed by atoms with E-state index in [9.17, 15) is 15.0 Å². The first-order valence-electron chi connectivity index (χ1n) is 6.00. The molecule has 0 saturated carbocycles. The minimum atomic E-state index is -1.06. The Labute approximate surface area is 109 Å². The van der Waals surface area contributed by atoms with E-state index in [1.807, 2.05) is 6.92 Å². The third-order valence-corrected chi connectivity index (χ3v) is 2.98. The molecule has 7 heteroatoms. The summed E-state index contributed by atoms with van der Waals surface area (Å²) in [7, 11) is 1.74. The summed E-state index contributed by atoms with van der Waals surface area (Å²) in [6.45, 7) is 2.14. The SMILES string of the molecule is CCC(O)CNc1c(C(=O)O)cnc2c1cnn2C. The van der Waals surface area contributed by atoms with E-state index in [0.29, 0.717) is 23.1 Å². The van der Waals surface area contributed by atoms with Gasteiger partial charge in [-0.05, 0) is 6.42 Å². The first kappa shape index (κ1) is 13.3. The zero-order chi connectivity index (χ0) is 14.0. The predicted molar refractivity (Wildman–Crippen MR) is 70.3 cm³/mol. The quantitative estimate of drug-likeness (QED) is 0.740. The molecule has 102 valence electrons. The Morgan fingerprint density at radius 3 is 2.89 bits per heavy atom. The Morgan fingerprint density at radius 2 is 2.26 bits per heavy atom. The van der Waals surface area contributed by atoms with Crippen molar-refractivity contribution in [2.24, 2.45) is 7.05 Å². The van der Waals surface area contributed by atoms with E-state index in [-0.39, 0.29) is 12.1 Å². The predicted octanol–water partition coefficient (Wildman–Crippen LogP) is 0.849. The number of hydrogen-bond donors (Lipinski definition) is 3. The highest BCUT2D eigenvalue weighted by Gasteiger charge is 2.17. The number of fused-ring (bicyclic) bond motifs is 1. The van der Waals surface area contributed by atoms with E-state index in [2.05, 4.69) is 15.4 Å². The van der Waals surface area contributed by atoms with Gasteiger partial charge < -0.3 is 15.5 Å². The van der Waals surface area contributed by atoms with Crippen molar-refractivity contribution >= 4 is 22.7 Å². The molecule has 0 saturated heterocycles. The summed E-state index contributed by atoms with van der Waals surface area (Å²) in [4.78, 5) is 15.3. The first-order chi connectivity index (χ1) is 9.04. The van der Waals surface area contributed by atoms with Crippen LogP contribution >= 0.6 is 0 Å². The van der Waals surface area contributed by atoms with Crippen LogP contribution in [0.1, 0.15) is 23.7 Å². The van der Waals surface area contributed by atoms with Crippen LogP contribution in [-0.4, -0.2) is 43.6 Å². The fourth-order valence-corrected chi connectivity index (χ4v) is 1.81. The van der Waals surface area contributed by atoms with E-state index in [4.69, 9.17) is 0 Å². The molecule has 2 rings (SSSR count). The molecule has 3 N–H and O–H groups in total. The Morgan fingerprint density at radius 1 is 1.53 bits per heavy atom. The van der Waals surface area contributed by atoms with Crippen LogP contribution in [0.5, 0.6) is 0 Å². The van der Waals surface area contributed by atoms with Crippen LogP contribution in [0.4, 0.5) is 5.69 Å². The second-order valence-electron chi connectivity index (χ2n) is 4.30. The first-order valence-corrected chi connectivity index (χ1v) is 6.00. The lowest BCUT2D eigenvalue weighted by Crippen LogP contribution is -2.20. The van der Waals surface area contributed by atoms with E-state index >= 15 is 0 Å². The van der Waals surface area contributed by atoms with Gasteiger partial charge in [-0.2, -0.15) is 5.10 Å². The van der Waals surface area contributed by atoms with Crippen molar-refractivity contribution in [1.82, 2.24) is 14.8 Å². The summed E-state index contributed by atoms with van der Waals surface area (Å²) in [6.07, 6.45) is 2.93. The summed E-state index contributed by atoms with van der Waals surface area (Å²) >= 11 is 0. The molecule has 0 fully saturated rings. The van der Waals surface area contributed by atoms with Gasteiger partial charge in [0, 0.05) is 19.8 Å². The molecule has 1 unspecified atom stereocenters. The molecule has 1 atom stereocenters. The molecule has 19 heavy (non-hydrogen) atoms. The minimum Gasteiger partial charge on any atom is -0.478 e. The lowest BCUT2D eigenvalue weighted by molar-refractivity contribution is 0.0697. The molecule has 0 aliphatic heterocycles. The number of rotatable bonds is 5. The minimum absolute atomic E-state index is 0.0730. The summed E-state index contributed by atoms with van der Waals surface area (Å²) in [6, 6.07) is 0. The van der Waals surface area contributed by atoms with Crippen molar-refractivity contribution in [2.45, 2.75) is 19.4 Å². The fraction of sp³-hybridized carbons (Fsp3) is 0.417. The third kappa shape index (κ3) is 2.50. The molecule has 2 aromatic heterocycles. The summed E-state index contributed by atoms with van der Waals surface area (Å²) in [5, 5.41) is 26.4. The van der Waals surface area contributed by atoms with Gasteiger partial charge in [0.1, 0.15) is 5.56 Å². The molecular formula is C12H16N4O3. The van der Waals surface area contributed by atoms with Gasteiger partial charge >= 0.3 is 5.97 Å². The lowest BCUT2D eigenvalue weighted by atomic mass is 10.1. The second-order valence-corrected chi connectivity index (χ2v) is 4.30. The Bertz CT molecular complexity index is 608. The van der Waals surface area contributed by atoms with Crippen molar-refractivity contribution < 1.29 is 15.0 Å². The number of aromatic nitrogens is 3. The molecule has 0 amide bonds. The number of aromatic carboxylic acids is 1. The number of carboxylic acid groups (broad SMARTS) is 1. The van der Waals surface area contributed by atoms with Crippen molar-refractivity contribution in [1.29, 1.82) is 0 Å². The van der Waals surface area contributed by atoms with Crippen molar-refractivity contribution in [3.63, 3.8) is 0 Å². The largest absolute Gasteiger partial charge is 0.478 e. The smallest absolute Gasteiger partial charge is 0.339 e. The summed E-state index contributed by atoms with van der Waals surface area (Å²) in [5.41, 5.74) is 1.11. The van der Waals surface area contributed by atoms with E-state index in [0.717, 1.165) is 0 Å². The van der Waals surface area contributed by atoms with Crippen LogP contribution in [0, 0.1) is 0 Å². The van der Waals surface area contributed by atoms with Gasteiger partial charge in [-0.3, -0.25) is 4.68 Å². The van der Waals surface area contributed by atoms with Crippen LogP contribution in [0.2, 0.25) is 0 Å². The maximum absolute atomic E-state index is 11.2. The number of carbonyl (C=O) groups is 1. The molecule has 0 aliphatic carbocycles. The Hall–Kier alpha value is -2.15. The number of pyridine rings is 1. The number of aliphatic hydroxyl groups excluding tert-OH is 1. The van der Waals surface area contributed by atoms with Crippen LogP contribution < -0.4 is 5.32 Å². The Balaban J connectivity index is 2.47. The number of nitrogens with one attached hydrogen (secondary N) is 1. The molecule has 2 heterocycles. The molecule has 0 radical (unpaired) electrons. The van der Waals surface area contributed by atoms with Gasteiger partial charge in [-0.15, -0.1) is 0 Å². The van der Waals surface area contributed by atoms with Gasteiger partial charge in [-0.25, -0.2) is 9.78 Å². The van der Waals surface area contributed by atoms with Gasteiger partial charge in [0.2, 0.25) is 0 Å². The van der Waals surface area contributed by atoms with Crippen LogP contribution in [0.3, 0.4) is 0 Å². The zero-order valence-corrected chi connectivity index (χ0v) is 10.8. The lowest BCUT2D eigenvalue weighted by Gasteiger charge is -2.13. The standard InChI is InChI=1S/C12H16N4O3/c1-3-7(17)4-13-10-8-6-15-16(2)11(8)14-5-9(10)12(18)19/h5-7,17H,3-4H2,1-2H3,(H,13,14)(H,18,19). The van der Waals surface area contributed by atoms with Gasteiger partial charge in [0.05, 0.1) is 23.4 Å². The van der Waals surface area contributed by atoms with Crippen molar-refractivity contribution in [2.75, 3.05) is 11.9 Å². The average molecular weight is 264 g/mol. The van der Waals surface area contributed by atoms with E-state index in [1.165, 1.54) is 6.20 Å². The van der Waals surface area contributed by atoms with Crippen LogP contribution in [-0.2, 0) is 7.05 Å². The fourth-order valence-electron chi connectivity index (χ4n) is 1.81. The highest BCUT2D eigenvalue weighted by atomic mass is 16.4. The van der Waals surface area contributed by atoms with Gasteiger partial charge in [0.15, 0.2) is 5.65 Å². The number of hydrogen-bond acceptors (Lipinski definition) is 5. The normalized spacial score (nSPS) is 12.6. The molecule has 0 aromatic carbocycles. The molecule has 0 spiro atoms. The number of aliphatic hydroxyl groups is 1. The summed E-state index contributed by atoms with van der Waals surface area (Å²) < 4.78 is 1.57. The van der Waals surface area contributed by atoms with E-state index < -0.39 is 12.1 Å². The topological polar surface area (TPSA) is 100 Å². The highest BCUT2D eigenvalue weighted by molar-refractivity contribution is 6.03. The molecule has 2 aromatic rings. The van der Waals surface area contributed by atoms with E-state index in [1.54, 1.807) is 17.9 Å². The second kappa shape index (κ2) is 5.23. The molecular weight excluding hydrogens is 248 g/mol. The highest BCUT2D eigenvalue weighted by Crippen LogP contribution is 2.25. The third-order valence-electron chi connectivity index (χ3n) is 2.98. The van der Waals surface area contributed by atoms with Crippen molar-refractivity contribution in [3.8, 4) is 0 Å². The summed E-state index contributed by atoms with van der Waals surface area (Å²) in [5.74, 6) is -1.06. The monoisotopic (exact) mass is 264 g/mol. The van der Waals surface area contributed by atoms with Crippen molar-refractivity contribution in [3.05, 3.63) is 18.0 Å². The van der Waals surface area contributed by atoms with Crippen LogP contribution in [0.25, 0.3) is 11.0 Å². The number of aryl methyl sites for hydroxylation is 1. The maximum atomic E-state index is 11.2. The molecule has 0 aliphatic rings. The van der Waals surface area contributed by atoms with Gasteiger partial charge in [-0.1, -0.05) is 6.92 Å². The number of anilines is 1. The molecule has 7 nitrogen and oxygen atoms in total. The average Bonchev–Trinajstić information content (AvgIpc) is 2.77. The number of nitrogens with zero attached hydrogens (tertiary/aromatic N) is 3. The number of carboxylic acids is 1. The zero-order valence-electron chi connectivity index (χ0n) is 10.8. The maximum Gasteiger partial charge on any atom is 0.339 e. The van der Waals surface area contributed by atoms with Gasteiger partial charge in [0.25, 0.3) is 0 Å². The van der Waals surface area contributed by atoms with Crippen LogP contribution in [0.15, 0.2) is 12.4 Å². The molecule has 0 bridgehead atoms. The Kier molecular flexibility index (Phi) is 3.66.